The fourth-order valence-corrected chi connectivity index (χ4v) is 10.4. The van der Waals surface area contributed by atoms with Crippen molar-refractivity contribution in [2.24, 2.45) is 0 Å². The molecule has 9 aromatic carbocycles. The van der Waals surface area contributed by atoms with Gasteiger partial charge in [0.15, 0.2) is 0 Å². The Morgan fingerprint density at radius 2 is 0.722 bits per heavy atom. The summed E-state index contributed by atoms with van der Waals surface area (Å²) in [6, 6.07) is 70.8. The SMILES string of the molecule is COc1ccc(N(c2ccc(OC)cc2)c2ccc(-c3ccc4c5ccc(-c6ccc(N(c7ccc(OC)cc7)c7ccc(OC)cc7)cc6)cc5n(CCC(c5ccccc5)S(=O)(=O)O)c4c3)cc2)cc1. The third kappa shape index (κ3) is 9.68. The first-order valence-corrected chi connectivity index (χ1v) is 25.1. The minimum absolute atomic E-state index is 0.151. The van der Waals surface area contributed by atoms with Crippen LogP contribution in [0.4, 0.5) is 34.1 Å². The maximum atomic E-state index is 13.0. The third-order valence-electron chi connectivity index (χ3n) is 13.3. The van der Waals surface area contributed by atoms with E-state index in [-0.39, 0.29) is 6.42 Å². The van der Waals surface area contributed by atoms with Gasteiger partial charge in [-0.15, -0.1) is 0 Å². The summed E-state index contributed by atoms with van der Waals surface area (Å²) in [6.07, 6.45) is 0.151. The Morgan fingerprint density at radius 3 is 1.03 bits per heavy atom. The standard InChI is InChI=1S/C61H53N3O7S/c1-68-53-28-20-49(21-29-53)63(50-22-30-54(69-2)31-23-50)47-16-10-42(11-17-47)45-14-36-57-58-37-15-46(41-60(58)62(59(57)40-45)39-38-61(72(65,66)67)44-8-6-5-7-9-44)43-12-18-48(19-13-43)64(51-24-32-55(70-3)33-25-51)52-26-34-56(71-4)35-27-52/h5-37,40-41,61H,38-39H2,1-4H3,(H,65,66,67). The number of aromatic nitrogens is 1. The number of aryl methyl sites for hydroxylation is 1. The predicted molar refractivity (Wildman–Crippen MR) is 291 cm³/mol. The van der Waals surface area contributed by atoms with Crippen LogP contribution in [0.25, 0.3) is 44.1 Å². The fourth-order valence-electron chi connectivity index (χ4n) is 9.52. The van der Waals surface area contributed by atoms with Crippen LogP contribution in [0.1, 0.15) is 17.2 Å². The Kier molecular flexibility index (Phi) is 13.4. The van der Waals surface area contributed by atoms with Crippen molar-refractivity contribution >= 4 is 66.0 Å². The number of hydrogen-bond donors (Lipinski definition) is 1. The minimum Gasteiger partial charge on any atom is -0.497 e. The molecule has 360 valence electrons. The van der Waals surface area contributed by atoms with Crippen molar-refractivity contribution in [3.63, 3.8) is 0 Å². The quantitative estimate of drug-likeness (QED) is 0.0894. The van der Waals surface area contributed by atoms with E-state index in [0.717, 1.165) is 101 Å². The molecule has 72 heavy (non-hydrogen) atoms. The molecule has 0 saturated heterocycles. The average molecular weight is 972 g/mol. The molecule has 1 unspecified atom stereocenters. The summed E-state index contributed by atoms with van der Waals surface area (Å²) in [5.74, 6) is 3.09. The number of methoxy groups -OCH3 is 4. The lowest BCUT2D eigenvalue weighted by atomic mass is 10.0. The van der Waals surface area contributed by atoms with Gasteiger partial charge in [-0.1, -0.05) is 78.9 Å². The van der Waals surface area contributed by atoms with Crippen molar-refractivity contribution in [1.82, 2.24) is 4.57 Å². The predicted octanol–water partition coefficient (Wildman–Crippen LogP) is 15.1. The van der Waals surface area contributed by atoms with E-state index in [2.05, 4.69) is 99.3 Å². The van der Waals surface area contributed by atoms with Gasteiger partial charge in [-0.25, -0.2) is 0 Å². The van der Waals surface area contributed by atoms with E-state index < -0.39 is 15.4 Å². The van der Waals surface area contributed by atoms with Crippen LogP contribution >= 0.6 is 0 Å². The Morgan fingerprint density at radius 1 is 0.417 bits per heavy atom. The Bertz CT molecular complexity index is 3270. The Balaban J connectivity index is 1.04. The Hall–Kier alpha value is -8.51. The molecule has 0 spiro atoms. The second-order valence-corrected chi connectivity index (χ2v) is 19.0. The first-order valence-electron chi connectivity index (χ1n) is 23.6. The van der Waals surface area contributed by atoms with E-state index in [0.29, 0.717) is 12.1 Å². The van der Waals surface area contributed by atoms with Crippen LogP contribution in [-0.2, 0) is 16.7 Å². The smallest absolute Gasteiger partial charge is 0.272 e. The summed E-state index contributed by atoms with van der Waals surface area (Å²) < 4.78 is 60.8. The van der Waals surface area contributed by atoms with Gasteiger partial charge in [-0.05, 0) is 168 Å². The zero-order valence-corrected chi connectivity index (χ0v) is 41.2. The van der Waals surface area contributed by atoms with Crippen molar-refractivity contribution < 1.29 is 31.9 Å². The van der Waals surface area contributed by atoms with Gasteiger partial charge in [-0.2, -0.15) is 8.42 Å². The molecule has 10 nitrogen and oxygen atoms in total. The topological polar surface area (TPSA) is 103 Å². The molecule has 0 amide bonds. The summed E-state index contributed by atoms with van der Waals surface area (Å²) in [5, 5.41) is 0.960. The second-order valence-electron chi connectivity index (χ2n) is 17.4. The maximum Gasteiger partial charge on any atom is 0.272 e. The zero-order valence-electron chi connectivity index (χ0n) is 40.3. The fraction of sp³-hybridized carbons (Fsp3) is 0.115. The molecule has 0 radical (unpaired) electrons. The number of fused-ring (bicyclic) bond motifs is 3. The zero-order chi connectivity index (χ0) is 49.8. The van der Waals surface area contributed by atoms with Crippen LogP contribution in [0.15, 0.2) is 212 Å². The van der Waals surface area contributed by atoms with Crippen LogP contribution in [-0.4, -0.2) is 46.0 Å². The van der Waals surface area contributed by atoms with Gasteiger partial charge in [0.05, 0.1) is 28.4 Å². The van der Waals surface area contributed by atoms with Gasteiger partial charge in [0.25, 0.3) is 10.1 Å². The number of hydrogen-bond acceptors (Lipinski definition) is 8. The molecule has 0 bridgehead atoms. The first kappa shape index (κ1) is 47.2. The molecule has 10 aromatic rings. The highest BCUT2D eigenvalue weighted by molar-refractivity contribution is 7.86. The number of nitrogens with zero attached hydrogens (tertiary/aromatic N) is 3. The third-order valence-corrected chi connectivity index (χ3v) is 14.5. The van der Waals surface area contributed by atoms with Crippen LogP contribution < -0.4 is 28.7 Å². The van der Waals surface area contributed by atoms with Gasteiger partial charge < -0.3 is 33.3 Å². The molecule has 1 atom stereocenters. The van der Waals surface area contributed by atoms with Crippen molar-refractivity contribution in [3.05, 3.63) is 218 Å². The highest BCUT2D eigenvalue weighted by Gasteiger charge is 2.26. The summed E-state index contributed by atoms with van der Waals surface area (Å²) in [7, 11) is 2.20. The molecule has 10 rings (SSSR count). The van der Waals surface area contributed by atoms with Crippen molar-refractivity contribution in [1.29, 1.82) is 0 Å². The second kappa shape index (κ2) is 20.4. The minimum atomic E-state index is -4.44. The molecule has 1 heterocycles. The highest BCUT2D eigenvalue weighted by atomic mass is 32.2. The molecule has 0 fully saturated rings. The summed E-state index contributed by atoms with van der Waals surface area (Å²) >= 11 is 0. The van der Waals surface area contributed by atoms with Gasteiger partial charge in [0, 0.05) is 62.5 Å². The number of anilines is 6. The van der Waals surface area contributed by atoms with E-state index in [4.69, 9.17) is 18.9 Å². The van der Waals surface area contributed by atoms with E-state index in [1.165, 1.54) is 0 Å². The van der Waals surface area contributed by atoms with Gasteiger partial charge in [-0.3, -0.25) is 4.55 Å². The lowest BCUT2D eigenvalue weighted by molar-refractivity contribution is 0.414. The molecule has 0 aliphatic carbocycles. The number of benzene rings is 9. The summed E-state index contributed by atoms with van der Waals surface area (Å²) in [4.78, 5) is 4.37. The van der Waals surface area contributed by atoms with E-state index in [9.17, 15) is 13.0 Å². The van der Waals surface area contributed by atoms with Crippen LogP contribution in [0.2, 0.25) is 0 Å². The molecule has 11 heteroatoms. The molecule has 1 N–H and O–H groups in total. The van der Waals surface area contributed by atoms with Gasteiger partial charge >= 0.3 is 0 Å². The number of ether oxygens (including phenoxy) is 4. The largest absolute Gasteiger partial charge is 0.497 e. The van der Waals surface area contributed by atoms with Crippen molar-refractivity contribution in [3.8, 4) is 45.3 Å². The van der Waals surface area contributed by atoms with Crippen molar-refractivity contribution in [2.45, 2.75) is 18.2 Å². The number of rotatable bonds is 17. The maximum absolute atomic E-state index is 13.0. The average Bonchev–Trinajstić information content (AvgIpc) is 3.74. The van der Waals surface area contributed by atoms with Crippen LogP contribution in [0.5, 0.6) is 23.0 Å². The highest BCUT2D eigenvalue weighted by Crippen LogP contribution is 2.41. The van der Waals surface area contributed by atoms with Crippen LogP contribution in [0.3, 0.4) is 0 Å². The monoisotopic (exact) mass is 971 g/mol. The van der Waals surface area contributed by atoms with E-state index in [1.54, 1.807) is 52.7 Å². The Labute approximate surface area is 420 Å². The molecular weight excluding hydrogens is 919 g/mol. The first-order chi connectivity index (χ1) is 35.1. The summed E-state index contributed by atoms with van der Waals surface area (Å²) in [6.45, 7) is 0.321. The molecule has 0 aliphatic rings. The van der Waals surface area contributed by atoms with Gasteiger partial charge in [0.1, 0.15) is 28.2 Å². The molecule has 0 aliphatic heterocycles. The summed E-state index contributed by atoms with van der Waals surface area (Å²) in [5.41, 5.74) is 12.3. The normalized spacial score (nSPS) is 11.8. The van der Waals surface area contributed by atoms with Crippen molar-refractivity contribution in [2.75, 3.05) is 38.2 Å². The van der Waals surface area contributed by atoms with Gasteiger partial charge in [0.2, 0.25) is 0 Å². The van der Waals surface area contributed by atoms with E-state index >= 15 is 0 Å². The molecular formula is C61H53N3O7S. The lowest BCUT2D eigenvalue weighted by Crippen LogP contribution is -2.15. The molecule has 1 aromatic heterocycles. The lowest BCUT2D eigenvalue weighted by Gasteiger charge is -2.26. The van der Waals surface area contributed by atoms with Crippen LogP contribution in [0, 0.1) is 0 Å². The van der Waals surface area contributed by atoms with E-state index in [1.807, 2.05) is 103 Å². The molecule has 0 saturated carbocycles.